The van der Waals surface area contributed by atoms with E-state index in [-0.39, 0.29) is 0 Å². The van der Waals surface area contributed by atoms with Crippen LogP contribution in [-0.4, -0.2) is 25.4 Å². The van der Waals surface area contributed by atoms with Crippen LogP contribution in [0.3, 0.4) is 0 Å². The quantitative estimate of drug-likeness (QED) is 0.263. The first-order valence-electron chi connectivity index (χ1n) is 4.13. The number of carbonyl (C=O) groups is 1. The smallest absolute Gasteiger partial charge is 0.352 e. The Hall–Kier alpha value is -1.06. The van der Waals surface area contributed by atoms with E-state index in [4.69, 9.17) is 9.57 Å². The van der Waals surface area contributed by atoms with Gasteiger partial charge in [-0.1, -0.05) is 19.0 Å². The average molecular weight is 173 g/mol. The van der Waals surface area contributed by atoms with Crippen molar-refractivity contribution in [2.24, 2.45) is 5.16 Å². The highest BCUT2D eigenvalue weighted by molar-refractivity contribution is 6.22. The van der Waals surface area contributed by atoms with Gasteiger partial charge in [0.15, 0.2) is 6.21 Å². The SMILES string of the molecule is CCCON=CC(=O)OCCC. The third-order valence-electron chi connectivity index (χ3n) is 0.977. The molecule has 0 unspecified atom stereocenters. The van der Waals surface area contributed by atoms with Crippen LogP contribution < -0.4 is 0 Å². The van der Waals surface area contributed by atoms with Crippen molar-refractivity contribution >= 4 is 12.2 Å². The molecule has 0 aromatic heterocycles. The van der Waals surface area contributed by atoms with Crippen molar-refractivity contribution < 1.29 is 14.4 Å². The largest absolute Gasteiger partial charge is 0.461 e. The summed E-state index contributed by atoms with van der Waals surface area (Å²) in [5.74, 6) is -0.451. The van der Waals surface area contributed by atoms with E-state index in [1.54, 1.807) is 0 Å². The summed E-state index contributed by atoms with van der Waals surface area (Å²) in [5, 5.41) is 3.41. The van der Waals surface area contributed by atoms with Gasteiger partial charge in [0.25, 0.3) is 0 Å². The molecule has 0 aliphatic heterocycles. The number of oxime groups is 1. The van der Waals surface area contributed by atoms with Crippen LogP contribution in [-0.2, 0) is 14.4 Å². The second-order valence-electron chi connectivity index (χ2n) is 2.24. The lowest BCUT2D eigenvalue weighted by molar-refractivity contribution is -0.135. The highest BCUT2D eigenvalue weighted by Gasteiger charge is 1.94. The van der Waals surface area contributed by atoms with E-state index < -0.39 is 5.97 Å². The summed E-state index contributed by atoms with van der Waals surface area (Å²) in [5.41, 5.74) is 0. The number of nitrogens with zero attached hydrogens (tertiary/aromatic N) is 1. The van der Waals surface area contributed by atoms with Gasteiger partial charge < -0.3 is 9.57 Å². The number of hydrogen-bond donors (Lipinski definition) is 0. The molecule has 0 saturated heterocycles. The molecule has 0 bridgehead atoms. The maximum atomic E-state index is 10.7. The minimum Gasteiger partial charge on any atom is -0.461 e. The minimum atomic E-state index is -0.451. The number of ether oxygens (including phenoxy) is 1. The second kappa shape index (κ2) is 8.04. The van der Waals surface area contributed by atoms with Gasteiger partial charge in [0.05, 0.1) is 6.61 Å². The van der Waals surface area contributed by atoms with Crippen LogP contribution in [0.25, 0.3) is 0 Å². The Kier molecular flexibility index (Phi) is 7.33. The fourth-order valence-electron chi connectivity index (χ4n) is 0.464. The highest BCUT2D eigenvalue weighted by Crippen LogP contribution is 1.82. The predicted octanol–water partition coefficient (Wildman–Crippen LogP) is 1.35. The molecule has 0 fully saturated rings. The summed E-state index contributed by atoms with van der Waals surface area (Å²) in [6.07, 6.45) is 2.74. The summed E-state index contributed by atoms with van der Waals surface area (Å²) in [7, 11) is 0. The van der Waals surface area contributed by atoms with Gasteiger partial charge in [-0.3, -0.25) is 0 Å². The van der Waals surface area contributed by atoms with Gasteiger partial charge in [-0.15, -0.1) is 0 Å². The fraction of sp³-hybridized carbons (Fsp3) is 0.750. The molecule has 4 nitrogen and oxygen atoms in total. The zero-order valence-corrected chi connectivity index (χ0v) is 7.58. The van der Waals surface area contributed by atoms with Crippen molar-refractivity contribution in [2.45, 2.75) is 26.7 Å². The lowest BCUT2D eigenvalue weighted by Gasteiger charge is -1.96. The Balaban J connectivity index is 3.34. The van der Waals surface area contributed by atoms with Gasteiger partial charge in [0, 0.05) is 0 Å². The van der Waals surface area contributed by atoms with E-state index in [0.29, 0.717) is 13.2 Å². The van der Waals surface area contributed by atoms with Crippen LogP contribution in [0, 0.1) is 0 Å². The molecule has 0 amide bonds. The van der Waals surface area contributed by atoms with Crippen molar-refractivity contribution in [1.29, 1.82) is 0 Å². The molecule has 0 heterocycles. The Morgan fingerprint density at radius 1 is 1.33 bits per heavy atom. The van der Waals surface area contributed by atoms with E-state index in [2.05, 4.69) is 5.16 Å². The van der Waals surface area contributed by atoms with Gasteiger partial charge in [0.2, 0.25) is 0 Å². The zero-order valence-electron chi connectivity index (χ0n) is 7.58. The Bertz CT molecular complexity index is 145. The van der Waals surface area contributed by atoms with Crippen LogP contribution in [0.1, 0.15) is 26.7 Å². The number of carbonyl (C=O) groups excluding carboxylic acids is 1. The summed E-state index contributed by atoms with van der Waals surface area (Å²) in [4.78, 5) is 15.4. The highest BCUT2D eigenvalue weighted by atomic mass is 16.6. The van der Waals surface area contributed by atoms with Crippen molar-refractivity contribution in [1.82, 2.24) is 0 Å². The summed E-state index contributed by atoms with van der Waals surface area (Å²) in [6, 6.07) is 0. The van der Waals surface area contributed by atoms with Gasteiger partial charge in [0.1, 0.15) is 6.61 Å². The summed E-state index contributed by atoms with van der Waals surface area (Å²) < 4.78 is 4.70. The molecule has 0 radical (unpaired) electrons. The number of hydrogen-bond acceptors (Lipinski definition) is 4. The second-order valence-corrected chi connectivity index (χ2v) is 2.24. The standard InChI is InChI=1S/C8H15NO3/c1-3-5-11-8(10)7-9-12-6-4-2/h7H,3-6H2,1-2H3. The molecule has 0 aliphatic carbocycles. The van der Waals surface area contributed by atoms with Crippen LogP contribution >= 0.6 is 0 Å². The van der Waals surface area contributed by atoms with Crippen molar-refractivity contribution in [3.63, 3.8) is 0 Å². The first-order valence-corrected chi connectivity index (χ1v) is 4.13. The Morgan fingerprint density at radius 3 is 2.58 bits per heavy atom. The lowest BCUT2D eigenvalue weighted by atomic mass is 10.5. The molecule has 0 aromatic carbocycles. The molecule has 0 aromatic rings. The van der Waals surface area contributed by atoms with Gasteiger partial charge in [-0.05, 0) is 12.8 Å². The van der Waals surface area contributed by atoms with Gasteiger partial charge >= 0.3 is 5.97 Å². The first-order chi connectivity index (χ1) is 5.81. The van der Waals surface area contributed by atoms with E-state index in [1.807, 2.05) is 13.8 Å². The molecular formula is C8H15NO3. The molecular weight excluding hydrogens is 158 g/mol. The van der Waals surface area contributed by atoms with Crippen LogP contribution in [0.5, 0.6) is 0 Å². The first kappa shape index (κ1) is 10.9. The third kappa shape index (κ3) is 7.05. The molecule has 70 valence electrons. The maximum Gasteiger partial charge on any atom is 0.352 e. The molecule has 0 spiro atoms. The van der Waals surface area contributed by atoms with Crippen molar-refractivity contribution in [3.8, 4) is 0 Å². The monoisotopic (exact) mass is 173 g/mol. The Morgan fingerprint density at radius 2 is 2.00 bits per heavy atom. The van der Waals surface area contributed by atoms with E-state index in [9.17, 15) is 4.79 Å². The molecule has 4 heteroatoms. The van der Waals surface area contributed by atoms with Crippen LogP contribution in [0.2, 0.25) is 0 Å². The maximum absolute atomic E-state index is 10.7. The van der Waals surface area contributed by atoms with Crippen molar-refractivity contribution in [3.05, 3.63) is 0 Å². The fourth-order valence-corrected chi connectivity index (χ4v) is 0.464. The molecule has 12 heavy (non-hydrogen) atoms. The minimum absolute atomic E-state index is 0.429. The Labute approximate surface area is 72.5 Å². The summed E-state index contributed by atoms with van der Waals surface area (Å²) in [6.45, 7) is 4.85. The van der Waals surface area contributed by atoms with Crippen molar-refractivity contribution in [2.75, 3.05) is 13.2 Å². The molecule has 0 atom stereocenters. The molecule has 0 saturated carbocycles. The van der Waals surface area contributed by atoms with E-state index in [1.165, 1.54) is 0 Å². The lowest BCUT2D eigenvalue weighted by Crippen LogP contribution is -2.06. The topological polar surface area (TPSA) is 47.9 Å². The number of esters is 1. The van der Waals surface area contributed by atoms with E-state index in [0.717, 1.165) is 19.1 Å². The van der Waals surface area contributed by atoms with Crippen LogP contribution in [0.4, 0.5) is 0 Å². The predicted molar refractivity (Wildman–Crippen MR) is 46.0 cm³/mol. The molecule has 0 aliphatic rings. The molecule has 0 N–H and O–H groups in total. The van der Waals surface area contributed by atoms with Gasteiger partial charge in [-0.2, -0.15) is 0 Å². The summed E-state index contributed by atoms with van der Waals surface area (Å²) >= 11 is 0. The zero-order chi connectivity index (χ0) is 9.23. The third-order valence-corrected chi connectivity index (χ3v) is 0.977. The average Bonchev–Trinajstić information content (AvgIpc) is 2.09. The van der Waals surface area contributed by atoms with Gasteiger partial charge in [-0.25, -0.2) is 4.79 Å². The van der Waals surface area contributed by atoms with Crippen LogP contribution in [0.15, 0.2) is 5.16 Å². The number of rotatable bonds is 6. The normalized spacial score (nSPS) is 10.2. The van der Waals surface area contributed by atoms with E-state index >= 15 is 0 Å². The molecule has 0 rings (SSSR count).